The van der Waals surface area contributed by atoms with Crippen molar-refractivity contribution in [3.05, 3.63) is 48.0 Å². The number of amides is 1. The molecule has 0 saturated carbocycles. The summed E-state index contributed by atoms with van der Waals surface area (Å²) in [6, 6.07) is 6.85. The number of aromatic nitrogens is 4. The van der Waals surface area contributed by atoms with E-state index in [0.29, 0.717) is 22.2 Å². The van der Waals surface area contributed by atoms with Crippen molar-refractivity contribution in [2.45, 2.75) is 13.3 Å². The average Bonchev–Trinajstić information content (AvgIpc) is 3.24. The van der Waals surface area contributed by atoms with E-state index in [0.717, 1.165) is 50.2 Å². The number of nitrogens with zero attached hydrogens (tertiary/aromatic N) is 6. The second kappa shape index (κ2) is 9.46. The fourth-order valence-electron chi connectivity index (χ4n) is 4.66. The van der Waals surface area contributed by atoms with E-state index in [4.69, 9.17) is 4.74 Å². The van der Waals surface area contributed by atoms with E-state index in [1.165, 1.54) is 17.9 Å². The molecule has 182 valence electrons. The highest BCUT2D eigenvalue weighted by Gasteiger charge is 2.22. The Morgan fingerprint density at radius 3 is 2.71 bits per heavy atom. The van der Waals surface area contributed by atoms with Crippen LogP contribution in [0.1, 0.15) is 23.7 Å². The van der Waals surface area contributed by atoms with Crippen molar-refractivity contribution in [1.82, 2.24) is 24.6 Å². The molecule has 1 fully saturated rings. The van der Waals surface area contributed by atoms with Gasteiger partial charge in [0.2, 0.25) is 0 Å². The third-order valence-corrected chi connectivity index (χ3v) is 6.32. The first-order valence-electron chi connectivity index (χ1n) is 11.7. The number of halogens is 1. The molecule has 0 radical (unpaired) electrons. The number of piperazine rings is 1. The molecule has 4 aromatic rings. The summed E-state index contributed by atoms with van der Waals surface area (Å²) < 4.78 is 21.3. The topological polar surface area (TPSA) is 88.4 Å². The third kappa shape index (κ3) is 4.49. The molecule has 1 amide bonds. The number of ether oxygens (including phenoxy) is 1. The van der Waals surface area contributed by atoms with Crippen LogP contribution in [0.3, 0.4) is 0 Å². The Kier molecular flexibility index (Phi) is 6.21. The highest BCUT2D eigenvalue weighted by atomic mass is 19.1. The number of nitrogens with one attached hydrogen (secondary N) is 1. The molecule has 0 aliphatic carbocycles. The number of anilines is 2. The van der Waals surface area contributed by atoms with Crippen LogP contribution >= 0.6 is 0 Å². The summed E-state index contributed by atoms with van der Waals surface area (Å²) in [7, 11) is 3.21. The summed E-state index contributed by atoms with van der Waals surface area (Å²) in [5.74, 6) is -0.887. The van der Waals surface area contributed by atoms with E-state index in [2.05, 4.69) is 37.1 Å². The Labute approximate surface area is 202 Å². The van der Waals surface area contributed by atoms with Crippen LogP contribution in [-0.4, -0.2) is 70.4 Å². The number of hydrogen-bond acceptors (Lipinski definition) is 7. The first-order valence-corrected chi connectivity index (χ1v) is 11.7. The highest BCUT2D eigenvalue weighted by Crippen LogP contribution is 2.31. The lowest BCUT2D eigenvalue weighted by Crippen LogP contribution is -2.46. The van der Waals surface area contributed by atoms with E-state index < -0.39 is 11.7 Å². The Morgan fingerprint density at radius 2 is 1.97 bits per heavy atom. The first kappa shape index (κ1) is 23.0. The molecule has 1 aliphatic rings. The maximum absolute atomic E-state index is 14.5. The molecule has 3 heterocycles. The predicted octanol–water partition coefficient (Wildman–Crippen LogP) is 3.45. The molecule has 1 N–H and O–H groups in total. The van der Waals surface area contributed by atoms with Crippen LogP contribution < -0.4 is 15.0 Å². The van der Waals surface area contributed by atoms with E-state index in [9.17, 15) is 9.18 Å². The van der Waals surface area contributed by atoms with Gasteiger partial charge in [-0.05, 0) is 37.2 Å². The van der Waals surface area contributed by atoms with Gasteiger partial charge in [-0.1, -0.05) is 6.92 Å². The number of carbonyl (C=O) groups is 1. The molecule has 0 spiro atoms. The minimum Gasteiger partial charge on any atom is -0.467 e. The zero-order chi connectivity index (χ0) is 24.5. The third-order valence-electron chi connectivity index (χ3n) is 6.32. The van der Waals surface area contributed by atoms with Gasteiger partial charge in [-0.2, -0.15) is 10.1 Å². The molecule has 0 atom stereocenters. The van der Waals surface area contributed by atoms with Crippen molar-refractivity contribution in [2.75, 3.05) is 50.1 Å². The van der Waals surface area contributed by atoms with Gasteiger partial charge in [0.25, 0.3) is 5.91 Å². The largest absolute Gasteiger partial charge is 0.467 e. The van der Waals surface area contributed by atoms with Crippen molar-refractivity contribution < 1.29 is 13.9 Å². The molecular weight excluding hydrogens is 449 g/mol. The molecule has 35 heavy (non-hydrogen) atoms. The molecular formula is C25H28FN7O2. The van der Waals surface area contributed by atoms with Gasteiger partial charge in [0, 0.05) is 67.8 Å². The molecule has 1 aliphatic heterocycles. The highest BCUT2D eigenvalue weighted by molar-refractivity contribution is 6.14. The summed E-state index contributed by atoms with van der Waals surface area (Å²) in [4.78, 5) is 26.9. The van der Waals surface area contributed by atoms with Crippen molar-refractivity contribution in [3.8, 4) is 6.01 Å². The average molecular weight is 478 g/mol. The SMILES string of the molecule is CCCN1CCN(c2ccc(C(=O)Nc3cc(F)c4nn(C)cc4c3)c3nc(OC)ncc23)CC1. The van der Waals surface area contributed by atoms with E-state index in [1.54, 1.807) is 31.6 Å². The number of methoxy groups -OCH3 is 1. The van der Waals surface area contributed by atoms with Gasteiger partial charge in [0.15, 0.2) is 5.82 Å². The minimum atomic E-state index is -0.496. The Hall–Kier alpha value is -3.79. The molecule has 5 rings (SSSR count). The van der Waals surface area contributed by atoms with Gasteiger partial charge in [-0.15, -0.1) is 0 Å². The summed E-state index contributed by atoms with van der Waals surface area (Å²) >= 11 is 0. The minimum absolute atomic E-state index is 0.180. The smallest absolute Gasteiger partial charge is 0.316 e. The van der Waals surface area contributed by atoms with Gasteiger partial charge < -0.3 is 15.0 Å². The molecule has 2 aromatic heterocycles. The Balaban J connectivity index is 1.48. The van der Waals surface area contributed by atoms with Crippen LogP contribution in [0.5, 0.6) is 6.01 Å². The van der Waals surface area contributed by atoms with Gasteiger partial charge in [-0.25, -0.2) is 9.37 Å². The molecule has 10 heteroatoms. The lowest BCUT2D eigenvalue weighted by Gasteiger charge is -2.36. The molecule has 9 nitrogen and oxygen atoms in total. The zero-order valence-electron chi connectivity index (χ0n) is 20.1. The Morgan fingerprint density at radius 1 is 1.17 bits per heavy atom. The van der Waals surface area contributed by atoms with Crippen LogP contribution in [0.15, 0.2) is 36.7 Å². The number of aryl methyl sites for hydroxylation is 1. The molecule has 0 bridgehead atoms. The predicted molar refractivity (Wildman–Crippen MR) is 134 cm³/mol. The molecule has 2 aromatic carbocycles. The number of fused-ring (bicyclic) bond motifs is 2. The van der Waals surface area contributed by atoms with Crippen molar-refractivity contribution in [2.24, 2.45) is 7.05 Å². The number of rotatable bonds is 6. The van der Waals surface area contributed by atoms with Crippen LogP contribution in [0.4, 0.5) is 15.8 Å². The Bertz CT molecular complexity index is 1400. The summed E-state index contributed by atoms with van der Waals surface area (Å²) in [5.41, 5.74) is 2.44. The summed E-state index contributed by atoms with van der Waals surface area (Å²) in [5, 5.41) is 8.30. The normalized spacial score (nSPS) is 14.6. The lowest BCUT2D eigenvalue weighted by atomic mass is 10.1. The maximum atomic E-state index is 14.5. The quantitative estimate of drug-likeness (QED) is 0.455. The van der Waals surface area contributed by atoms with E-state index in [-0.39, 0.29) is 11.5 Å². The monoisotopic (exact) mass is 477 g/mol. The van der Waals surface area contributed by atoms with Crippen molar-refractivity contribution in [3.63, 3.8) is 0 Å². The van der Waals surface area contributed by atoms with Crippen molar-refractivity contribution in [1.29, 1.82) is 0 Å². The number of carbonyl (C=O) groups excluding carboxylic acids is 1. The van der Waals surface area contributed by atoms with Gasteiger partial charge >= 0.3 is 6.01 Å². The number of benzene rings is 2. The van der Waals surface area contributed by atoms with Crippen LogP contribution in [0.25, 0.3) is 21.8 Å². The van der Waals surface area contributed by atoms with Gasteiger partial charge in [0.05, 0.1) is 18.2 Å². The number of hydrogen-bond donors (Lipinski definition) is 1. The van der Waals surface area contributed by atoms with Gasteiger partial charge in [0.1, 0.15) is 5.52 Å². The summed E-state index contributed by atoms with van der Waals surface area (Å²) in [6.45, 7) is 7.03. The second-order valence-corrected chi connectivity index (χ2v) is 8.73. The van der Waals surface area contributed by atoms with Gasteiger partial charge in [-0.3, -0.25) is 14.4 Å². The van der Waals surface area contributed by atoms with Crippen molar-refractivity contribution >= 4 is 39.1 Å². The molecule has 1 saturated heterocycles. The van der Waals surface area contributed by atoms with Crippen LogP contribution in [-0.2, 0) is 7.05 Å². The first-order chi connectivity index (χ1) is 17.0. The standard InChI is InChI=1S/C25H28FN7O2/c1-4-7-32-8-10-33(11-9-32)21-6-5-18(23-19(21)14-27-25(29-23)35-3)24(34)28-17-12-16-15-31(2)30-22(16)20(26)13-17/h5-6,12-15H,4,7-11H2,1-3H3,(H,28,34). The zero-order valence-corrected chi connectivity index (χ0v) is 20.1. The fourth-order valence-corrected chi connectivity index (χ4v) is 4.66. The lowest BCUT2D eigenvalue weighted by molar-refractivity contribution is 0.102. The van der Waals surface area contributed by atoms with E-state index in [1.807, 2.05) is 6.07 Å². The van der Waals surface area contributed by atoms with Crippen LogP contribution in [0.2, 0.25) is 0 Å². The summed E-state index contributed by atoms with van der Waals surface area (Å²) in [6.07, 6.45) is 4.54. The fraction of sp³-hybridized carbons (Fsp3) is 0.360. The van der Waals surface area contributed by atoms with Crippen LogP contribution in [0, 0.1) is 5.82 Å². The van der Waals surface area contributed by atoms with E-state index >= 15 is 0 Å². The maximum Gasteiger partial charge on any atom is 0.316 e. The molecule has 0 unspecified atom stereocenters. The second-order valence-electron chi connectivity index (χ2n) is 8.73.